The number of imidazole rings is 1. The molecule has 3 rings (SSSR count). The average Bonchev–Trinajstić information content (AvgIpc) is 3.41. The Bertz CT molecular complexity index is 915. The van der Waals surface area contributed by atoms with E-state index in [2.05, 4.69) is 66.3 Å². The van der Waals surface area contributed by atoms with Crippen LogP contribution in [-0.2, 0) is 6.42 Å². The van der Waals surface area contributed by atoms with Crippen LogP contribution in [0.2, 0.25) is 0 Å². The molecule has 3 aromatic rings. The lowest BCUT2D eigenvalue weighted by molar-refractivity contribution is 0.304. The van der Waals surface area contributed by atoms with Gasteiger partial charge in [0.05, 0.1) is 6.61 Å². The van der Waals surface area contributed by atoms with Crippen molar-refractivity contribution in [3.8, 4) is 28.3 Å². The summed E-state index contributed by atoms with van der Waals surface area (Å²) >= 11 is 0. The average molecular weight is 461 g/mol. The number of ether oxygens (including phenoxy) is 1. The third-order valence-electron chi connectivity index (χ3n) is 6.59. The van der Waals surface area contributed by atoms with Gasteiger partial charge >= 0.3 is 0 Å². The SMILES string of the molecule is CCCCCCCCOc1ccc(-c2ncc[nH]2)c(-c2ccc(CCCCCCCC)cc2)c1. The standard InChI is InChI=1S/C31H44N2O/c1-3-5-7-9-11-13-15-26-16-18-27(19-17-26)30-25-28(34-24-14-12-10-8-6-4-2)20-21-29(30)31-32-22-23-33-31/h16-23,25H,3-15,24H2,1-2H3,(H,32,33). The summed E-state index contributed by atoms with van der Waals surface area (Å²) in [7, 11) is 0. The number of aromatic nitrogens is 2. The summed E-state index contributed by atoms with van der Waals surface area (Å²) in [4.78, 5) is 7.77. The van der Waals surface area contributed by atoms with Crippen LogP contribution in [0, 0.1) is 0 Å². The summed E-state index contributed by atoms with van der Waals surface area (Å²) in [6.45, 7) is 5.31. The lowest BCUT2D eigenvalue weighted by Gasteiger charge is -2.13. The molecule has 0 unspecified atom stereocenters. The van der Waals surface area contributed by atoms with E-state index in [0.29, 0.717) is 0 Å². The normalized spacial score (nSPS) is 11.1. The molecule has 0 aliphatic carbocycles. The molecule has 34 heavy (non-hydrogen) atoms. The van der Waals surface area contributed by atoms with Crippen molar-refractivity contribution < 1.29 is 4.74 Å². The number of aryl methyl sites for hydroxylation is 1. The molecule has 184 valence electrons. The number of unbranched alkanes of at least 4 members (excludes halogenated alkanes) is 10. The predicted molar refractivity (Wildman–Crippen MR) is 145 cm³/mol. The van der Waals surface area contributed by atoms with Gasteiger partial charge in [-0.1, -0.05) is 102 Å². The van der Waals surface area contributed by atoms with Crippen molar-refractivity contribution in [3.05, 3.63) is 60.4 Å². The molecule has 3 heteroatoms. The molecule has 0 atom stereocenters. The van der Waals surface area contributed by atoms with Gasteiger partial charge in [0.1, 0.15) is 11.6 Å². The summed E-state index contributed by atoms with van der Waals surface area (Å²) in [5.41, 5.74) is 4.92. The predicted octanol–water partition coefficient (Wildman–Crippen LogP) is 9.39. The molecule has 0 bridgehead atoms. The second-order valence-corrected chi connectivity index (χ2v) is 9.48. The molecule has 2 aromatic carbocycles. The molecule has 0 aliphatic rings. The van der Waals surface area contributed by atoms with E-state index in [1.54, 1.807) is 0 Å². The van der Waals surface area contributed by atoms with Crippen molar-refractivity contribution in [1.82, 2.24) is 9.97 Å². The zero-order chi connectivity index (χ0) is 23.8. The van der Waals surface area contributed by atoms with Crippen molar-refractivity contribution in [2.24, 2.45) is 0 Å². The van der Waals surface area contributed by atoms with Crippen LogP contribution in [0.15, 0.2) is 54.9 Å². The summed E-state index contributed by atoms with van der Waals surface area (Å²) < 4.78 is 6.13. The second kappa shape index (κ2) is 15.4. The summed E-state index contributed by atoms with van der Waals surface area (Å²) in [5, 5.41) is 0. The lowest BCUT2D eigenvalue weighted by Crippen LogP contribution is -1.98. The fraction of sp³-hybridized carbons (Fsp3) is 0.516. The van der Waals surface area contributed by atoms with E-state index >= 15 is 0 Å². The third kappa shape index (κ3) is 8.66. The molecular weight excluding hydrogens is 416 g/mol. The van der Waals surface area contributed by atoms with Crippen LogP contribution in [0.4, 0.5) is 0 Å². The second-order valence-electron chi connectivity index (χ2n) is 9.48. The maximum Gasteiger partial charge on any atom is 0.137 e. The maximum atomic E-state index is 6.13. The van der Waals surface area contributed by atoms with Gasteiger partial charge in [0.25, 0.3) is 0 Å². The highest BCUT2D eigenvalue weighted by Gasteiger charge is 2.11. The number of aromatic amines is 1. The largest absolute Gasteiger partial charge is 0.494 e. The van der Waals surface area contributed by atoms with E-state index < -0.39 is 0 Å². The van der Waals surface area contributed by atoms with Crippen LogP contribution >= 0.6 is 0 Å². The fourth-order valence-electron chi connectivity index (χ4n) is 4.50. The van der Waals surface area contributed by atoms with Crippen molar-refractivity contribution in [3.63, 3.8) is 0 Å². The van der Waals surface area contributed by atoms with E-state index in [9.17, 15) is 0 Å². The first-order chi connectivity index (χ1) is 16.8. The topological polar surface area (TPSA) is 37.9 Å². The minimum absolute atomic E-state index is 0.781. The molecule has 1 heterocycles. The van der Waals surface area contributed by atoms with E-state index in [0.717, 1.165) is 30.2 Å². The van der Waals surface area contributed by atoms with Gasteiger partial charge in [-0.25, -0.2) is 4.98 Å². The Kier molecular flexibility index (Phi) is 11.8. The minimum Gasteiger partial charge on any atom is -0.494 e. The molecule has 1 N–H and O–H groups in total. The molecule has 1 aromatic heterocycles. The van der Waals surface area contributed by atoms with Gasteiger partial charge in [-0.3, -0.25) is 0 Å². The van der Waals surface area contributed by atoms with Crippen LogP contribution < -0.4 is 4.74 Å². The van der Waals surface area contributed by atoms with Crippen LogP contribution in [0.1, 0.15) is 96.5 Å². The smallest absolute Gasteiger partial charge is 0.137 e. The Hall–Kier alpha value is -2.55. The van der Waals surface area contributed by atoms with Crippen molar-refractivity contribution in [2.75, 3.05) is 6.61 Å². The van der Waals surface area contributed by atoms with Gasteiger partial charge in [-0.15, -0.1) is 0 Å². The van der Waals surface area contributed by atoms with Crippen molar-refractivity contribution >= 4 is 0 Å². The monoisotopic (exact) mass is 460 g/mol. The summed E-state index contributed by atoms with van der Waals surface area (Å²) in [5.74, 6) is 1.84. The summed E-state index contributed by atoms with van der Waals surface area (Å²) in [6, 6.07) is 15.5. The Balaban J connectivity index is 1.62. The highest BCUT2D eigenvalue weighted by atomic mass is 16.5. The molecule has 0 fully saturated rings. The van der Waals surface area contributed by atoms with Crippen LogP contribution in [0.25, 0.3) is 22.5 Å². The number of hydrogen-bond acceptors (Lipinski definition) is 2. The number of hydrogen-bond donors (Lipinski definition) is 1. The number of nitrogens with zero attached hydrogens (tertiary/aromatic N) is 1. The number of nitrogens with one attached hydrogen (secondary N) is 1. The Labute approximate surface area is 207 Å². The molecule has 0 saturated carbocycles. The van der Waals surface area contributed by atoms with E-state index in [-0.39, 0.29) is 0 Å². The first-order valence-electron chi connectivity index (χ1n) is 13.7. The number of H-pyrrole nitrogens is 1. The molecule has 3 nitrogen and oxygen atoms in total. The Morgan fingerprint density at radius 3 is 2.06 bits per heavy atom. The molecule has 0 aliphatic heterocycles. The first kappa shape index (κ1) is 26.1. The van der Waals surface area contributed by atoms with Crippen LogP contribution in [0.5, 0.6) is 5.75 Å². The highest BCUT2D eigenvalue weighted by molar-refractivity contribution is 5.81. The lowest BCUT2D eigenvalue weighted by atomic mass is 9.96. The van der Waals surface area contributed by atoms with Gasteiger partial charge in [-0.2, -0.15) is 0 Å². The highest BCUT2D eigenvalue weighted by Crippen LogP contribution is 2.34. The quantitative estimate of drug-likeness (QED) is 0.204. The van der Waals surface area contributed by atoms with Gasteiger partial charge in [0, 0.05) is 18.0 Å². The van der Waals surface area contributed by atoms with Crippen LogP contribution in [0.3, 0.4) is 0 Å². The first-order valence-corrected chi connectivity index (χ1v) is 13.7. The van der Waals surface area contributed by atoms with Crippen LogP contribution in [-0.4, -0.2) is 16.6 Å². The van der Waals surface area contributed by atoms with E-state index in [1.165, 1.54) is 93.7 Å². The zero-order valence-electron chi connectivity index (χ0n) is 21.5. The molecule has 0 radical (unpaired) electrons. The minimum atomic E-state index is 0.781. The summed E-state index contributed by atoms with van der Waals surface area (Å²) in [6.07, 6.45) is 20.5. The van der Waals surface area contributed by atoms with Gasteiger partial charge in [0.15, 0.2) is 0 Å². The molecular formula is C31H44N2O. The number of benzene rings is 2. The van der Waals surface area contributed by atoms with E-state index in [4.69, 9.17) is 4.74 Å². The number of rotatable bonds is 17. The Morgan fingerprint density at radius 1 is 0.706 bits per heavy atom. The third-order valence-corrected chi connectivity index (χ3v) is 6.59. The molecule has 0 saturated heterocycles. The van der Waals surface area contributed by atoms with Gasteiger partial charge in [-0.05, 0) is 54.2 Å². The Morgan fingerprint density at radius 2 is 1.38 bits per heavy atom. The fourth-order valence-corrected chi connectivity index (χ4v) is 4.50. The van der Waals surface area contributed by atoms with Crippen molar-refractivity contribution in [2.45, 2.75) is 97.3 Å². The van der Waals surface area contributed by atoms with E-state index in [1.807, 2.05) is 12.4 Å². The maximum absolute atomic E-state index is 6.13. The van der Waals surface area contributed by atoms with Gasteiger partial charge in [0.2, 0.25) is 0 Å². The molecule has 0 spiro atoms. The molecule has 0 amide bonds. The van der Waals surface area contributed by atoms with Gasteiger partial charge < -0.3 is 9.72 Å². The zero-order valence-corrected chi connectivity index (χ0v) is 21.5. The van der Waals surface area contributed by atoms with Crippen molar-refractivity contribution in [1.29, 1.82) is 0 Å².